The van der Waals surface area contributed by atoms with E-state index in [1.54, 1.807) is 17.6 Å². The number of halogens is 1. The first-order valence-electron chi connectivity index (χ1n) is 3.82. The van der Waals surface area contributed by atoms with Crippen LogP contribution >= 0.6 is 27.3 Å². The summed E-state index contributed by atoms with van der Waals surface area (Å²) in [5.41, 5.74) is 1.01. The van der Waals surface area contributed by atoms with Crippen LogP contribution in [-0.2, 0) is 0 Å². The minimum atomic E-state index is -0.0972. The maximum absolute atomic E-state index is 11.7. The molecular formula is C9H5BrN2OS. The van der Waals surface area contributed by atoms with Gasteiger partial charge in [-0.2, -0.15) is 0 Å². The summed E-state index contributed by atoms with van der Waals surface area (Å²) in [5.74, 6) is -0.0972. The van der Waals surface area contributed by atoms with Crippen molar-refractivity contribution < 1.29 is 4.79 Å². The van der Waals surface area contributed by atoms with E-state index in [-0.39, 0.29) is 5.78 Å². The second-order valence-corrected chi connectivity index (χ2v) is 4.85. The lowest BCUT2D eigenvalue weighted by Gasteiger charge is -1.94. The molecule has 0 radical (unpaired) electrons. The first-order valence-corrected chi connectivity index (χ1v) is 5.49. The first-order chi connectivity index (χ1) is 6.77. The Bertz CT molecular complexity index is 455. The highest BCUT2D eigenvalue weighted by atomic mass is 79.9. The molecule has 0 aliphatic heterocycles. The van der Waals surface area contributed by atoms with Crippen LogP contribution in [0.5, 0.6) is 0 Å². The number of hydrogen-bond donors (Lipinski definition) is 0. The van der Waals surface area contributed by atoms with Gasteiger partial charge in [-0.25, -0.2) is 4.98 Å². The molecule has 0 aromatic carbocycles. The zero-order valence-corrected chi connectivity index (χ0v) is 9.38. The quantitative estimate of drug-likeness (QED) is 0.787. The predicted molar refractivity (Wildman–Crippen MR) is 57.5 cm³/mol. The number of ketones is 1. The normalized spacial score (nSPS) is 10.1. The summed E-state index contributed by atoms with van der Waals surface area (Å²) >= 11 is 4.78. The van der Waals surface area contributed by atoms with E-state index in [2.05, 4.69) is 25.9 Å². The van der Waals surface area contributed by atoms with Gasteiger partial charge in [0.2, 0.25) is 5.78 Å². The average molecular weight is 269 g/mol. The second-order valence-electron chi connectivity index (χ2n) is 2.56. The van der Waals surface area contributed by atoms with Crippen LogP contribution in [0.3, 0.4) is 0 Å². The van der Waals surface area contributed by atoms with Gasteiger partial charge in [-0.1, -0.05) is 0 Å². The number of aromatic nitrogens is 2. The van der Waals surface area contributed by atoms with E-state index < -0.39 is 0 Å². The molecule has 0 aliphatic carbocycles. The fourth-order valence-electron chi connectivity index (χ4n) is 0.993. The Morgan fingerprint density at radius 2 is 2.29 bits per heavy atom. The van der Waals surface area contributed by atoms with Crippen molar-refractivity contribution in [3.05, 3.63) is 45.1 Å². The zero-order valence-electron chi connectivity index (χ0n) is 6.98. The van der Waals surface area contributed by atoms with Gasteiger partial charge in [0.1, 0.15) is 5.69 Å². The molecule has 3 nitrogen and oxygen atoms in total. The van der Waals surface area contributed by atoms with Gasteiger partial charge in [0.05, 0.1) is 9.98 Å². The van der Waals surface area contributed by atoms with E-state index in [4.69, 9.17) is 0 Å². The van der Waals surface area contributed by atoms with Crippen LogP contribution in [0, 0.1) is 0 Å². The lowest BCUT2D eigenvalue weighted by Crippen LogP contribution is -2.02. The van der Waals surface area contributed by atoms with Gasteiger partial charge in [-0.3, -0.25) is 9.78 Å². The van der Waals surface area contributed by atoms with Gasteiger partial charge in [-0.15, -0.1) is 11.3 Å². The maximum Gasteiger partial charge on any atom is 0.213 e. The molecule has 70 valence electrons. The summed E-state index contributed by atoms with van der Waals surface area (Å²) in [5, 5.41) is 1.79. The molecule has 0 N–H and O–H groups in total. The van der Waals surface area contributed by atoms with Crippen LogP contribution in [0.2, 0.25) is 0 Å². The lowest BCUT2D eigenvalue weighted by atomic mass is 10.2. The fourth-order valence-corrected chi connectivity index (χ4v) is 2.13. The van der Waals surface area contributed by atoms with Crippen molar-refractivity contribution in [1.29, 1.82) is 0 Å². The van der Waals surface area contributed by atoms with Crippen molar-refractivity contribution in [2.24, 2.45) is 0 Å². The largest absolute Gasteiger partial charge is 0.287 e. The molecule has 0 bridgehead atoms. The molecule has 0 unspecified atom stereocenters. The molecule has 0 saturated carbocycles. The van der Waals surface area contributed by atoms with Crippen LogP contribution in [-0.4, -0.2) is 15.8 Å². The predicted octanol–water partition coefficient (Wildman–Crippen LogP) is 2.53. The number of hydrogen-bond acceptors (Lipinski definition) is 4. The number of carbonyl (C=O) groups is 1. The third kappa shape index (κ3) is 1.88. The van der Waals surface area contributed by atoms with Crippen molar-refractivity contribution in [1.82, 2.24) is 9.97 Å². The Morgan fingerprint density at radius 1 is 1.43 bits per heavy atom. The first kappa shape index (κ1) is 9.48. The van der Waals surface area contributed by atoms with Crippen LogP contribution < -0.4 is 0 Å². The maximum atomic E-state index is 11.7. The summed E-state index contributed by atoms with van der Waals surface area (Å²) in [6, 6.07) is 1.78. The van der Waals surface area contributed by atoms with E-state index in [0.717, 1.165) is 3.79 Å². The number of nitrogens with zero attached hydrogens (tertiary/aromatic N) is 2. The third-order valence-electron chi connectivity index (χ3n) is 1.63. The minimum Gasteiger partial charge on any atom is -0.287 e. The summed E-state index contributed by atoms with van der Waals surface area (Å²) < 4.78 is 0.935. The van der Waals surface area contributed by atoms with Crippen molar-refractivity contribution in [2.45, 2.75) is 0 Å². The van der Waals surface area contributed by atoms with Crippen LogP contribution in [0.25, 0.3) is 0 Å². The molecule has 0 fully saturated rings. The van der Waals surface area contributed by atoms with E-state index in [1.165, 1.54) is 23.7 Å². The van der Waals surface area contributed by atoms with Gasteiger partial charge in [0.25, 0.3) is 0 Å². The molecule has 2 aromatic rings. The standard InChI is InChI=1S/C9H5BrN2OS/c10-8-3-6(5-14-8)9(13)7-4-11-1-2-12-7/h1-5H. The smallest absolute Gasteiger partial charge is 0.213 e. The van der Waals surface area contributed by atoms with Crippen LogP contribution in [0.15, 0.2) is 33.8 Å². The minimum absolute atomic E-state index is 0.0972. The van der Waals surface area contributed by atoms with Gasteiger partial charge < -0.3 is 0 Å². The van der Waals surface area contributed by atoms with Gasteiger partial charge in [-0.05, 0) is 22.0 Å². The molecule has 5 heteroatoms. The van der Waals surface area contributed by atoms with Crippen molar-refractivity contribution in [3.8, 4) is 0 Å². The molecule has 14 heavy (non-hydrogen) atoms. The Kier molecular flexibility index (Phi) is 2.69. The highest BCUT2D eigenvalue weighted by Gasteiger charge is 2.11. The zero-order chi connectivity index (χ0) is 9.97. The van der Waals surface area contributed by atoms with Crippen LogP contribution in [0.4, 0.5) is 0 Å². The van der Waals surface area contributed by atoms with Crippen LogP contribution in [0.1, 0.15) is 16.1 Å². The third-order valence-corrected chi connectivity index (χ3v) is 3.13. The molecular weight excluding hydrogens is 264 g/mol. The van der Waals surface area contributed by atoms with E-state index >= 15 is 0 Å². The average Bonchev–Trinajstić information content (AvgIpc) is 2.65. The van der Waals surface area contributed by atoms with E-state index in [0.29, 0.717) is 11.3 Å². The molecule has 0 atom stereocenters. The SMILES string of the molecule is O=C(c1csc(Br)c1)c1cnccn1. The Morgan fingerprint density at radius 3 is 2.86 bits per heavy atom. The Hall–Kier alpha value is -1.07. The van der Waals surface area contributed by atoms with Gasteiger partial charge in [0, 0.05) is 23.3 Å². The Labute approximate surface area is 93.0 Å². The number of rotatable bonds is 2. The van der Waals surface area contributed by atoms with Gasteiger partial charge >= 0.3 is 0 Å². The molecule has 2 heterocycles. The number of carbonyl (C=O) groups excluding carboxylic acids is 1. The summed E-state index contributed by atoms with van der Waals surface area (Å²) in [6.07, 6.45) is 4.52. The molecule has 0 amide bonds. The molecule has 2 rings (SSSR count). The van der Waals surface area contributed by atoms with E-state index in [1.807, 2.05) is 0 Å². The summed E-state index contributed by atoms with van der Waals surface area (Å²) in [4.78, 5) is 19.5. The highest BCUT2D eigenvalue weighted by Crippen LogP contribution is 2.22. The Balaban J connectivity index is 2.34. The van der Waals surface area contributed by atoms with Crippen molar-refractivity contribution in [3.63, 3.8) is 0 Å². The van der Waals surface area contributed by atoms with Crippen molar-refractivity contribution in [2.75, 3.05) is 0 Å². The fraction of sp³-hybridized carbons (Fsp3) is 0. The second kappa shape index (κ2) is 3.98. The summed E-state index contributed by atoms with van der Waals surface area (Å²) in [7, 11) is 0. The number of thiophene rings is 1. The molecule has 0 saturated heterocycles. The van der Waals surface area contributed by atoms with Crippen molar-refractivity contribution >= 4 is 33.0 Å². The summed E-state index contributed by atoms with van der Waals surface area (Å²) in [6.45, 7) is 0. The lowest BCUT2D eigenvalue weighted by molar-refractivity contribution is 0.103. The topological polar surface area (TPSA) is 42.9 Å². The monoisotopic (exact) mass is 268 g/mol. The molecule has 0 aliphatic rings. The van der Waals surface area contributed by atoms with E-state index in [9.17, 15) is 4.79 Å². The molecule has 0 spiro atoms. The molecule has 2 aromatic heterocycles. The highest BCUT2D eigenvalue weighted by molar-refractivity contribution is 9.11. The van der Waals surface area contributed by atoms with Gasteiger partial charge in [0.15, 0.2) is 0 Å².